The van der Waals surface area contributed by atoms with Crippen molar-refractivity contribution in [2.24, 2.45) is 0 Å². The van der Waals surface area contributed by atoms with Crippen LogP contribution in [0.1, 0.15) is 30.6 Å². The van der Waals surface area contributed by atoms with E-state index in [1.54, 1.807) is 6.92 Å². The Labute approximate surface area is 114 Å². The molecule has 0 spiro atoms. The fourth-order valence-electron chi connectivity index (χ4n) is 1.63. The number of aromatic nitrogens is 2. The summed E-state index contributed by atoms with van der Waals surface area (Å²) in [6.07, 6.45) is 1.56. The second kappa shape index (κ2) is 6.11. The molecule has 0 aliphatic carbocycles. The number of aryl methyl sites for hydroxylation is 1. The molecule has 0 saturated carbocycles. The van der Waals surface area contributed by atoms with Gasteiger partial charge in [-0.1, -0.05) is 33.2 Å². The van der Waals surface area contributed by atoms with Crippen LogP contribution in [0.3, 0.4) is 0 Å². The Hall–Kier alpha value is -1.20. The van der Waals surface area contributed by atoms with E-state index in [0.717, 1.165) is 10.0 Å². The molecule has 0 radical (unpaired) electrons. The summed E-state index contributed by atoms with van der Waals surface area (Å²) in [6, 6.07) is 8.02. The van der Waals surface area contributed by atoms with Gasteiger partial charge in [0.05, 0.1) is 6.10 Å². The number of aliphatic hydroxyl groups excluding tert-OH is 1. The Kier molecular flexibility index (Phi) is 4.49. The summed E-state index contributed by atoms with van der Waals surface area (Å²) >= 11 is 3.43. The molecular formula is C13H15BrN2O2. The van der Waals surface area contributed by atoms with Crippen molar-refractivity contribution >= 4 is 15.9 Å². The van der Waals surface area contributed by atoms with Crippen LogP contribution in [-0.2, 0) is 12.8 Å². The molecule has 2 rings (SSSR count). The van der Waals surface area contributed by atoms with Gasteiger partial charge in [-0.05, 0) is 31.0 Å². The molecule has 2 aromatic rings. The second-order valence-corrected chi connectivity index (χ2v) is 5.21. The molecule has 1 aromatic carbocycles. The number of hydrogen-bond donors (Lipinski definition) is 1. The van der Waals surface area contributed by atoms with Crippen molar-refractivity contribution in [2.75, 3.05) is 0 Å². The first-order chi connectivity index (χ1) is 8.63. The molecule has 1 heterocycles. The molecule has 1 aromatic heterocycles. The van der Waals surface area contributed by atoms with Crippen LogP contribution < -0.4 is 0 Å². The molecule has 4 nitrogen and oxygen atoms in total. The summed E-state index contributed by atoms with van der Waals surface area (Å²) in [6.45, 7) is 1.75. The third-order valence-corrected chi connectivity index (χ3v) is 3.03. The molecule has 0 amide bonds. The van der Waals surface area contributed by atoms with E-state index in [2.05, 4.69) is 26.1 Å². The monoisotopic (exact) mass is 310 g/mol. The molecule has 96 valence electrons. The predicted octanol–water partition coefficient (Wildman–Crippen LogP) is 2.74. The fraction of sp³-hybridized carbons (Fsp3) is 0.385. The van der Waals surface area contributed by atoms with Crippen molar-refractivity contribution in [1.29, 1.82) is 0 Å². The Bertz CT molecular complexity index is 511. The van der Waals surface area contributed by atoms with Crippen molar-refractivity contribution in [2.45, 2.75) is 32.3 Å². The Morgan fingerprint density at radius 3 is 3.00 bits per heavy atom. The van der Waals surface area contributed by atoms with Crippen molar-refractivity contribution in [3.8, 4) is 0 Å². The summed E-state index contributed by atoms with van der Waals surface area (Å²) in [4.78, 5) is 4.30. The number of halogens is 1. The maximum Gasteiger partial charge on any atom is 0.226 e. The quantitative estimate of drug-likeness (QED) is 0.922. The van der Waals surface area contributed by atoms with Gasteiger partial charge < -0.3 is 9.63 Å². The zero-order valence-corrected chi connectivity index (χ0v) is 11.7. The third-order valence-electron chi connectivity index (χ3n) is 2.54. The highest BCUT2D eigenvalue weighted by molar-refractivity contribution is 9.10. The number of hydrogen-bond acceptors (Lipinski definition) is 4. The Morgan fingerprint density at radius 2 is 2.28 bits per heavy atom. The van der Waals surface area contributed by atoms with E-state index >= 15 is 0 Å². The van der Waals surface area contributed by atoms with Crippen LogP contribution in [0.25, 0.3) is 0 Å². The number of nitrogens with zero attached hydrogens (tertiary/aromatic N) is 2. The number of rotatable bonds is 5. The van der Waals surface area contributed by atoms with Crippen LogP contribution in [0.15, 0.2) is 33.3 Å². The maximum absolute atomic E-state index is 9.19. The first-order valence-electron chi connectivity index (χ1n) is 5.87. The van der Waals surface area contributed by atoms with Crippen LogP contribution in [-0.4, -0.2) is 21.4 Å². The van der Waals surface area contributed by atoms with Crippen molar-refractivity contribution in [3.63, 3.8) is 0 Å². The van der Waals surface area contributed by atoms with Gasteiger partial charge >= 0.3 is 0 Å². The normalized spacial score (nSPS) is 12.6. The van der Waals surface area contributed by atoms with E-state index in [9.17, 15) is 5.11 Å². The average Bonchev–Trinajstić information content (AvgIpc) is 2.74. The van der Waals surface area contributed by atoms with Crippen molar-refractivity contribution in [3.05, 3.63) is 46.0 Å². The minimum Gasteiger partial charge on any atom is -0.393 e. The summed E-state index contributed by atoms with van der Waals surface area (Å²) in [5.41, 5.74) is 1.13. The topological polar surface area (TPSA) is 59.2 Å². The predicted molar refractivity (Wildman–Crippen MR) is 71.2 cm³/mol. The zero-order valence-electron chi connectivity index (χ0n) is 10.1. The van der Waals surface area contributed by atoms with Crippen LogP contribution >= 0.6 is 15.9 Å². The van der Waals surface area contributed by atoms with Gasteiger partial charge in [-0.25, -0.2) is 0 Å². The third kappa shape index (κ3) is 3.92. The average molecular weight is 311 g/mol. The summed E-state index contributed by atoms with van der Waals surface area (Å²) < 4.78 is 6.17. The zero-order chi connectivity index (χ0) is 13.0. The first-order valence-corrected chi connectivity index (χ1v) is 6.67. The molecule has 1 unspecified atom stereocenters. The molecule has 0 aliphatic rings. The summed E-state index contributed by atoms with van der Waals surface area (Å²) in [5.74, 6) is 1.26. The molecular weight excluding hydrogens is 296 g/mol. The van der Waals surface area contributed by atoms with Gasteiger partial charge in [0.15, 0.2) is 5.82 Å². The van der Waals surface area contributed by atoms with E-state index in [-0.39, 0.29) is 6.10 Å². The molecule has 0 bridgehead atoms. The molecule has 0 aliphatic heterocycles. The molecule has 1 N–H and O–H groups in total. The number of aliphatic hydroxyl groups is 1. The van der Waals surface area contributed by atoms with Gasteiger partial charge in [-0.2, -0.15) is 4.98 Å². The van der Waals surface area contributed by atoms with E-state index in [1.165, 1.54) is 0 Å². The van der Waals surface area contributed by atoms with Gasteiger partial charge in [0.1, 0.15) is 0 Å². The highest BCUT2D eigenvalue weighted by Crippen LogP contribution is 2.14. The van der Waals surface area contributed by atoms with Gasteiger partial charge in [-0.3, -0.25) is 0 Å². The minimum atomic E-state index is -0.342. The van der Waals surface area contributed by atoms with E-state index in [1.807, 2.05) is 24.3 Å². The van der Waals surface area contributed by atoms with Crippen LogP contribution in [0.2, 0.25) is 0 Å². The SMILES string of the molecule is CC(O)CCc1nc(Cc2cccc(Br)c2)no1. The van der Waals surface area contributed by atoms with Gasteiger partial charge in [0, 0.05) is 17.3 Å². The lowest BCUT2D eigenvalue weighted by atomic mass is 10.1. The maximum atomic E-state index is 9.19. The van der Waals surface area contributed by atoms with Crippen molar-refractivity contribution in [1.82, 2.24) is 10.1 Å². The molecule has 0 fully saturated rings. The van der Waals surface area contributed by atoms with Gasteiger partial charge in [-0.15, -0.1) is 0 Å². The van der Waals surface area contributed by atoms with E-state index in [0.29, 0.717) is 31.0 Å². The Balaban J connectivity index is 1.98. The standard InChI is InChI=1S/C13H15BrN2O2/c1-9(17)5-6-13-15-12(16-18-13)8-10-3-2-4-11(14)7-10/h2-4,7,9,17H,5-6,8H2,1H3. The molecule has 1 atom stereocenters. The largest absolute Gasteiger partial charge is 0.393 e. The second-order valence-electron chi connectivity index (χ2n) is 4.30. The van der Waals surface area contributed by atoms with Gasteiger partial charge in [0.2, 0.25) is 5.89 Å². The highest BCUT2D eigenvalue weighted by atomic mass is 79.9. The van der Waals surface area contributed by atoms with Crippen molar-refractivity contribution < 1.29 is 9.63 Å². The lowest BCUT2D eigenvalue weighted by Gasteiger charge is -1.98. The smallest absolute Gasteiger partial charge is 0.226 e. The molecule has 0 saturated heterocycles. The van der Waals surface area contributed by atoms with E-state index in [4.69, 9.17) is 4.52 Å². The Morgan fingerprint density at radius 1 is 1.44 bits per heavy atom. The van der Waals surface area contributed by atoms with Crippen LogP contribution in [0, 0.1) is 0 Å². The van der Waals surface area contributed by atoms with Crippen LogP contribution in [0.5, 0.6) is 0 Å². The van der Waals surface area contributed by atoms with Crippen LogP contribution in [0.4, 0.5) is 0 Å². The lowest BCUT2D eigenvalue weighted by molar-refractivity contribution is 0.180. The molecule has 18 heavy (non-hydrogen) atoms. The van der Waals surface area contributed by atoms with E-state index < -0.39 is 0 Å². The fourth-order valence-corrected chi connectivity index (χ4v) is 2.07. The summed E-state index contributed by atoms with van der Waals surface area (Å²) in [5, 5.41) is 13.1. The molecule has 5 heteroatoms. The first kappa shape index (κ1) is 13.2. The van der Waals surface area contributed by atoms with Gasteiger partial charge in [0.25, 0.3) is 0 Å². The highest BCUT2D eigenvalue weighted by Gasteiger charge is 2.08. The number of benzene rings is 1. The summed E-state index contributed by atoms with van der Waals surface area (Å²) in [7, 11) is 0. The minimum absolute atomic E-state index is 0.342. The lowest BCUT2D eigenvalue weighted by Crippen LogP contribution is -2.01.